The van der Waals surface area contributed by atoms with Crippen LogP contribution >= 0.6 is 34.8 Å². The predicted molar refractivity (Wildman–Crippen MR) is 148 cm³/mol. The number of hydrogen-bond acceptors (Lipinski definition) is 4. The van der Waals surface area contributed by atoms with Gasteiger partial charge in [-0.25, -0.2) is 12.8 Å². The van der Waals surface area contributed by atoms with Crippen LogP contribution in [-0.2, 0) is 26.2 Å². The van der Waals surface area contributed by atoms with Crippen LogP contribution in [0.1, 0.15) is 18.9 Å². The number of carbonyl (C=O) groups is 2. The quantitative estimate of drug-likeness (QED) is 0.331. The average molecular weight is 601 g/mol. The van der Waals surface area contributed by atoms with Crippen LogP contribution < -0.4 is 9.62 Å². The largest absolute Gasteiger partial charge is 0.357 e. The number of benzene rings is 3. The van der Waals surface area contributed by atoms with Crippen LogP contribution in [0, 0.1) is 5.82 Å². The van der Waals surface area contributed by atoms with E-state index < -0.39 is 40.2 Å². The lowest BCUT2D eigenvalue weighted by atomic mass is 10.1. The number of halogens is 4. The van der Waals surface area contributed by atoms with Gasteiger partial charge in [-0.2, -0.15) is 0 Å². The third-order valence-corrected chi connectivity index (χ3v) is 8.61. The Balaban J connectivity index is 2.11. The van der Waals surface area contributed by atoms with Gasteiger partial charge < -0.3 is 10.2 Å². The van der Waals surface area contributed by atoms with Gasteiger partial charge in [0.25, 0.3) is 10.0 Å². The Morgan fingerprint density at radius 1 is 0.947 bits per heavy atom. The number of nitrogens with zero attached hydrogens (tertiary/aromatic N) is 2. The lowest BCUT2D eigenvalue weighted by molar-refractivity contribution is -0.140. The molecular weight excluding hydrogens is 576 g/mol. The summed E-state index contributed by atoms with van der Waals surface area (Å²) in [7, 11) is -2.87. The van der Waals surface area contributed by atoms with E-state index in [-0.39, 0.29) is 38.6 Å². The molecule has 3 aromatic rings. The molecule has 3 rings (SSSR count). The van der Waals surface area contributed by atoms with E-state index in [1.807, 2.05) is 0 Å². The second-order valence-electron chi connectivity index (χ2n) is 8.18. The zero-order chi connectivity index (χ0) is 28.0. The van der Waals surface area contributed by atoms with Crippen molar-refractivity contribution in [1.29, 1.82) is 0 Å². The Hall–Kier alpha value is -2.85. The molecule has 0 saturated heterocycles. The Kier molecular flexibility index (Phi) is 10.0. The first kappa shape index (κ1) is 29.7. The second kappa shape index (κ2) is 12.8. The van der Waals surface area contributed by atoms with Crippen molar-refractivity contribution in [2.24, 2.45) is 0 Å². The molecule has 3 aromatic carbocycles. The van der Waals surface area contributed by atoms with Crippen LogP contribution in [-0.4, -0.2) is 44.8 Å². The SMILES string of the molecule is CC[C@@H](C(=O)NC)N(Cc1c(Cl)cccc1Cl)C(=O)CN(c1ccc(F)c(Cl)c1)S(=O)(=O)c1ccccc1. The summed E-state index contributed by atoms with van der Waals surface area (Å²) in [5.74, 6) is -1.91. The summed E-state index contributed by atoms with van der Waals surface area (Å²) in [5, 5.41) is 2.77. The van der Waals surface area contributed by atoms with Crippen molar-refractivity contribution in [3.05, 3.63) is 93.2 Å². The number of sulfonamides is 1. The van der Waals surface area contributed by atoms with E-state index in [0.717, 1.165) is 16.4 Å². The van der Waals surface area contributed by atoms with Gasteiger partial charge in [-0.15, -0.1) is 0 Å². The highest BCUT2D eigenvalue weighted by atomic mass is 35.5. The summed E-state index contributed by atoms with van der Waals surface area (Å²) in [6.45, 7) is 0.841. The molecule has 2 amide bonds. The number of rotatable bonds is 10. The van der Waals surface area contributed by atoms with E-state index in [1.165, 1.54) is 42.3 Å². The van der Waals surface area contributed by atoms with Crippen molar-refractivity contribution < 1.29 is 22.4 Å². The maximum absolute atomic E-state index is 13.9. The normalized spacial score (nSPS) is 12.1. The van der Waals surface area contributed by atoms with Crippen molar-refractivity contribution in [2.75, 3.05) is 17.9 Å². The molecule has 0 bridgehead atoms. The Labute approximate surface area is 236 Å². The third-order valence-electron chi connectivity index (χ3n) is 5.82. The molecule has 0 aromatic heterocycles. The van der Waals surface area contributed by atoms with Gasteiger partial charge in [0.05, 0.1) is 15.6 Å². The number of carbonyl (C=O) groups excluding carboxylic acids is 2. The van der Waals surface area contributed by atoms with Crippen molar-refractivity contribution in [1.82, 2.24) is 10.2 Å². The topological polar surface area (TPSA) is 86.8 Å². The maximum Gasteiger partial charge on any atom is 0.264 e. The van der Waals surface area contributed by atoms with Crippen molar-refractivity contribution in [3.8, 4) is 0 Å². The fraction of sp³-hybridized carbons (Fsp3) is 0.231. The van der Waals surface area contributed by atoms with Crippen LogP contribution in [0.25, 0.3) is 0 Å². The van der Waals surface area contributed by atoms with Gasteiger partial charge in [0.2, 0.25) is 11.8 Å². The van der Waals surface area contributed by atoms with E-state index >= 15 is 0 Å². The first-order chi connectivity index (χ1) is 18.0. The fourth-order valence-corrected chi connectivity index (χ4v) is 5.95. The van der Waals surface area contributed by atoms with Crippen LogP contribution in [0.5, 0.6) is 0 Å². The minimum absolute atomic E-state index is 0.0303. The molecule has 1 atom stereocenters. The smallest absolute Gasteiger partial charge is 0.264 e. The van der Waals surface area contributed by atoms with Gasteiger partial charge in [0.15, 0.2) is 0 Å². The van der Waals surface area contributed by atoms with E-state index in [9.17, 15) is 22.4 Å². The van der Waals surface area contributed by atoms with E-state index in [0.29, 0.717) is 5.56 Å². The number of nitrogens with one attached hydrogen (secondary N) is 1. The second-order valence-corrected chi connectivity index (χ2v) is 11.3. The molecule has 38 heavy (non-hydrogen) atoms. The summed E-state index contributed by atoms with van der Waals surface area (Å²) in [5.41, 5.74) is 0.367. The number of likely N-dealkylation sites (N-methyl/N-ethyl adjacent to an activating group) is 1. The van der Waals surface area contributed by atoms with E-state index in [4.69, 9.17) is 34.8 Å². The van der Waals surface area contributed by atoms with Gasteiger partial charge in [0, 0.05) is 29.2 Å². The monoisotopic (exact) mass is 599 g/mol. The Morgan fingerprint density at radius 2 is 1.58 bits per heavy atom. The number of amides is 2. The molecule has 0 radical (unpaired) electrons. The first-order valence-electron chi connectivity index (χ1n) is 11.5. The third kappa shape index (κ3) is 6.58. The average Bonchev–Trinajstić information content (AvgIpc) is 2.90. The summed E-state index contributed by atoms with van der Waals surface area (Å²) in [4.78, 5) is 27.7. The lowest BCUT2D eigenvalue weighted by Crippen LogP contribution is -2.51. The molecule has 0 aliphatic heterocycles. The van der Waals surface area contributed by atoms with Crippen LogP contribution in [0.2, 0.25) is 15.1 Å². The Morgan fingerprint density at radius 3 is 2.13 bits per heavy atom. The predicted octanol–water partition coefficient (Wildman–Crippen LogP) is 5.53. The van der Waals surface area contributed by atoms with Gasteiger partial charge in [0.1, 0.15) is 18.4 Å². The lowest BCUT2D eigenvalue weighted by Gasteiger charge is -2.33. The van der Waals surface area contributed by atoms with Crippen LogP contribution in [0.3, 0.4) is 0 Å². The molecule has 0 unspecified atom stereocenters. The molecule has 0 heterocycles. The minimum Gasteiger partial charge on any atom is -0.357 e. The molecule has 1 N–H and O–H groups in total. The van der Waals surface area contributed by atoms with E-state index in [1.54, 1.807) is 31.2 Å². The molecule has 0 fully saturated rings. The number of hydrogen-bond donors (Lipinski definition) is 1. The molecule has 0 spiro atoms. The van der Waals surface area contributed by atoms with E-state index in [2.05, 4.69) is 5.32 Å². The standard InChI is InChI=1S/C26H25Cl3FN3O4S/c1-3-24(26(35)31-2)32(15-19-20(27)10-7-11-21(19)28)25(34)16-33(17-12-13-23(30)22(29)14-17)38(36,37)18-8-5-4-6-9-18/h4-14,24H,3,15-16H2,1-2H3,(H,31,35)/t24-/m0/s1. The Bertz CT molecular complexity index is 1400. The van der Waals surface area contributed by atoms with Crippen LogP contribution in [0.4, 0.5) is 10.1 Å². The summed E-state index contributed by atoms with van der Waals surface area (Å²) in [6.07, 6.45) is 0.224. The summed E-state index contributed by atoms with van der Waals surface area (Å²) < 4.78 is 42.1. The van der Waals surface area contributed by atoms with Gasteiger partial charge in [-0.3, -0.25) is 13.9 Å². The highest BCUT2D eigenvalue weighted by molar-refractivity contribution is 7.92. The van der Waals surface area contributed by atoms with Crippen LogP contribution in [0.15, 0.2) is 71.6 Å². The molecular formula is C26H25Cl3FN3O4S. The van der Waals surface area contributed by atoms with Crippen molar-refractivity contribution >= 4 is 62.3 Å². The molecule has 7 nitrogen and oxygen atoms in total. The maximum atomic E-state index is 13.9. The minimum atomic E-state index is -4.31. The fourth-order valence-electron chi connectivity index (χ4n) is 3.83. The van der Waals surface area contributed by atoms with Gasteiger partial charge in [-0.05, 0) is 48.9 Å². The highest BCUT2D eigenvalue weighted by Crippen LogP contribution is 2.30. The van der Waals surface area contributed by atoms with Gasteiger partial charge in [-0.1, -0.05) is 66.0 Å². The highest BCUT2D eigenvalue weighted by Gasteiger charge is 2.34. The zero-order valence-electron chi connectivity index (χ0n) is 20.5. The molecule has 0 aliphatic carbocycles. The molecule has 202 valence electrons. The molecule has 0 saturated carbocycles. The molecule has 0 aliphatic rings. The molecule has 12 heteroatoms. The zero-order valence-corrected chi connectivity index (χ0v) is 23.6. The summed E-state index contributed by atoms with van der Waals surface area (Å²) >= 11 is 18.6. The van der Waals surface area contributed by atoms with Gasteiger partial charge >= 0.3 is 0 Å². The first-order valence-corrected chi connectivity index (χ1v) is 14.0. The summed E-state index contributed by atoms with van der Waals surface area (Å²) in [6, 6.07) is 14.7. The van der Waals surface area contributed by atoms with Crippen molar-refractivity contribution in [2.45, 2.75) is 30.8 Å². The van der Waals surface area contributed by atoms with Crippen molar-refractivity contribution in [3.63, 3.8) is 0 Å². The number of anilines is 1.